The average molecular weight is 387 g/mol. The van der Waals surface area contributed by atoms with Crippen LogP contribution in [0.15, 0.2) is 47.4 Å². The lowest BCUT2D eigenvalue weighted by atomic mass is 10.2. The number of carbonyl (C=O) groups excluding carboxylic acids is 1. The number of thioether (sulfide) groups is 1. The van der Waals surface area contributed by atoms with Gasteiger partial charge in [0.1, 0.15) is 0 Å². The third-order valence-electron chi connectivity index (χ3n) is 4.62. The van der Waals surface area contributed by atoms with E-state index in [0.717, 1.165) is 16.5 Å². The summed E-state index contributed by atoms with van der Waals surface area (Å²) >= 11 is 1.94. The Morgan fingerprint density at radius 1 is 1.04 bits per heavy atom. The monoisotopic (exact) mass is 386 g/mol. The first-order chi connectivity index (χ1) is 13.2. The molecule has 0 saturated heterocycles. The number of urea groups is 1. The van der Waals surface area contributed by atoms with Crippen molar-refractivity contribution in [2.45, 2.75) is 42.4 Å². The van der Waals surface area contributed by atoms with Gasteiger partial charge in [0, 0.05) is 22.4 Å². The molecule has 0 heterocycles. The minimum Gasteiger partial charge on any atom is -0.493 e. The van der Waals surface area contributed by atoms with Crippen molar-refractivity contribution in [3.05, 3.63) is 48.0 Å². The number of carbonyl (C=O) groups is 1. The fourth-order valence-electron chi connectivity index (χ4n) is 3.16. The van der Waals surface area contributed by atoms with Crippen LogP contribution in [-0.4, -0.2) is 25.5 Å². The molecule has 1 fully saturated rings. The van der Waals surface area contributed by atoms with Crippen LogP contribution in [0.2, 0.25) is 0 Å². The van der Waals surface area contributed by atoms with E-state index in [0.29, 0.717) is 18.0 Å². The zero-order valence-electron chi connectivity index (χ0n) is 15.8. The molecule has 0 aliphatic heterocycles. The maximum Gasteiger partial charge on any atom is 0.319 e. The van der Waals surface area contributed by atoms with Crippen molar-refractivity contribution in [1.29, 1.82) is 0 Å². The average Bonchev–Trinajstić information content (AvgIpc) is 3.20. The molecule has 0 aromatic heterocycles. The van der Waals surface area contributed by atoms with Crippen molar-refractivity contribution in [1.82, 2.24) is 5.32 Å². The molecular formula is C21H26N2O3S. The number of hydrogen-bond donors (Lipinski definition) is 2. The van der Waals surface area contributed by atoms with Gasteiger partial charge in [0.25, 0.3) is 0 Å². The lowest BCUT2D eigenvalue weighted by molar-refractivity contribution is 0.251. The van der Waals surface area contributed by atoms with Crippen LogP contribution in [0, 0.1) is 0 Å². The summed E-state index contributed by atoms with van der Waals surface area (Å²) in [5, 5.41) is 6.47. The van der Waals surface area contributed by atoms with Gasteiger partial charge in [-0.25, -0.2) is 4.79 Å². The van der Waals surface area contributed by atoms with E-state index in [4.69, 9.17) is 9.47 Å². The third kappa shape index (κ3) is 5.57. The summed E-state index contributed by atoms with van der Waals surface area (Å²) < 4.78 is 10.5. The predicted molar refractivity (Wildman–Crippen MR) is 110 cm³/mol. The van der Waals surface area contributed by atoms with E-state index in [1.54, 1.807) is 14.2 Å². The maximum absolute atomic E-state index is 12.1. The van der Waals surface area contributed by atoms with Crippen LogP contribution in [0.4, 0.5) is 10.5 Å². The van der Waals surface area contributed by atoms with Crippen molar-refractivity contribution in [2.75, 3.05) is 19.5 Å². The van der Waals surface area contributed by atoms with Gasteiger partial charge in [-0.05, 0) is 54.8 Å². The van der Waals surface area contributed by atoms with Gasteiger partial charge in [0.05, 0.1) is 14.2 Å². The van der Waals surface area contributed by atoms with Crippen molar-refractivity contribution in [3.63, 3.8) is 0 Å². The third-order valence-corrected chi connectivity index (χ3v) is 5.97. The van der Waals surface area contributed by atoms with Crippen molar-refractivity contribution in [3.8, 4) is 11.5 Å². The predicted octanol–water partition coefficient (Wildman–Crippen LogP) is 5.06. The number of anilines is 1. The van der Waals surface area contributed by atoms with E-state index in [1.165, 1.54) is 30.6 Å². The Balaban J connectivity index is 1.48. The fraction of sp³-hybridized carbons (Fsp3) is 0.381. The standard InChI is InChI=1S/C21H26N2O3S/c1-25-19-12-7-15(13-20(19)26-2)14-22-21(24)23-16-8-10-18(11-9-16)27-17-5-3-4-6-17/h7-13,17H,3-6,14H2,1-2H3,(H2,22,23,24). The molecule has 5 nitrogen and oxygen atoms in total. The van der Waals surface area contributed by atoms with Gasteiger partial charge in [0.2, 0.25) is 0 Å². The van der Waals surface area contributed by atoms with Gasteiger partial charge in [-0.1, -0.05) is 18.9 Å². The van der Waals surface area contributed by atoms with Crippen molar-refractivity contribution >= 4 is 23.5 Å². The molecule has 3 rings (SSSR count). The first kappa shape index (κ1) is 19.4. The Kier molecular flexibility index (Phi) is 6.87. The second kappa shape index (κ2) is 9.55. The van der Waals surface area contributed by atoms with E-state index in [9.17, 15) is 4.79 Å². The number of hydrogen-bond acceptors (Lipinski definition) is 4. The summed E-state index contributed by atoms with van der Waals surface area (Å²) in [5.74, 6) is 1.31. The molecule has 2 aromatic carbocycles. The molecule has 2 amide bonds. The molecule has 0 radical (unpaired) electrons. The lowest BCUT2D eigenvalue weighted by Gasteiger charge is -2.12. The number of methoxy groups -OCH3 is 2. The molecule has 0 unspecified atom stereocenters. The zero-order chi connectivity index (χ0) is 19.1. The van der Waals surface area contributed by atoms with Crippen LogP contribution < -0.4 is 20.1 Å². The van der Waals surface area contributed by atoms with Gasteiger partial charge in [0.15, 0.2) is 11.5 Å². The van der Waals surface area contributed by atoms with E-state index in [1.807, 2.05) is 42.1 Å². The van der Waals surface area contributed by atoms with Gasteiger partial charge in [-0.3, -0.25) is 0 Å². The van der Waals surface area contributed by atoms with Crippen molar-refractivity contribution in [2.24, 2.45) is 0 Å². The van der Waals surface area contributed by atoms with Gasteiger partial charge >= 0.3 is 6.03 Å². The van der Waals surface area contributed by atoms with Crippen LogP contribution in [-0.2, 0) is 6.54 Å². The fourth-order valence-corrected chi connectivity index (χ4v) is 4.41. The molecule has 0 bridgehead atoms. The highest BCUT2D eigenvalue weighted by Gasteiger charge is 2.16. The van der Waals surface area contributed by atoms with E-state index in [-0.39, 0.29) is 6.03 Å². The second-order valence-corrected chi connectivity index (χ2v) is 7.92. The van der Waals surface area contributed by atoms with Gasteiger partial charge in [-0.2, -0.15) is 0 Å². The van der Waals surface area contributed by atoms with Crippen molar-refractivity contribution < 1.29 is 14.3 Å². The molecule has 2 N–H and O–H groups in total. The quantitative estimate of drug-likeness (QED) is 0.698. The van der Waals surface area contributed by atoms with Crippen LogP contribution >= 0.6 is 11.8 Å². The van der Waals surface area contributed by atoms with Crippen LogP contribution in [0.5, 0.6) is 11.5 Å². The van der Waals surface area contributed by atoms with Crippen LogP contribution in [0.3, 0.4) is 0 Å². The highest BCUT2D eigenvalue weighted by Crippen LogP contribution is 2.35. The molecule has 6 heteroatoms. The Morgan fingerprint density at radius 2 is 1.74 bits per heavy atom. The smallest absolute Gasteiger partial charge is 0.319 e. The zero-order valence-corrected chi connectivity index (χ0v) is 16.6. The Labute approximate surface area is 164 Å². The molecule has 144 valence electrons. The summed E-state index contributed by atoms with van der Waals surface area (Å²) in [6, 6.07) is 13.4. The van der Waals surface area contributed by atoms with Crippen LogP contribution in [0.25, 0.3) is 0 Å². The summed E-state index contributed by atoms with van der Waals surface area (Å²) in [6.07, 6.45) is 5.31. The Morgan fingerprint density at radius 3 is 2.41 bits per heavy atom. The first-order valence-electron chi connectivity index (χ1n) is 9.20. The SMILES string of the molecule is COc1ccc(CNC(=O)Nc2ccc(SC3CCCC3)cc2)cc1OC. The van der Waals surface area contributed by atoms with Gasteiger partial charge < -0.3 is 20.1 Å². The van der Waals surface area contributed by atoms with E-state index >= 15 is 0 Å². The molecule has 0 atom stereocenters. The molecule has 0 spiro atoms. The molecular weight excluding hydrogens is 360 g/mol. The van der Waals surface area contributed by atoms with Crippen LogP contribution in [0.1, 0.15) is 31.2 Å². The minimum absolute atomic E-state index is 0.235. The maximum atomic E-state index is 12.1. The Bertz CT molecular complexity index is 759. The molecule has 1 aliphatic carbocycles. The second-order valence-electron chi connectivity index (χ2n) is 6.55. The van der Waals surface area contributed by atoms with E-state index in [2.05, 4.69) is 22.8 Å². The largest absolute Gasteiger partial charge is 0.493 e. The molecule has 2 aromatic rings. The topological polar surface area (TPSA) is 59.6 Å². The molecule has 27 heavy (non-hydrogen) atoms. The highest BCUT2D eigenvalue weighted by molar-refractivity contribution is 8.00. The number of ether oxygens (including phenoxy) is 2. The normalized spacial score (nSPS) is 14.0. The number of rotatable bonds is 7. The number of benzene rings is 2. The summed E-state index contributed by atoms with van der Waals surface area (Å²) in [4.78, 5) is 13.4. The summed E-state index contributed by atoms with van der Waals surface area (Å²) in [7, 11) is 3.19. The molecule has 1 aliphatic rings. The molecule has 1 saturated carbocycles. The van der Waals surface area contributed by atoms with Gasteiger partial charge in [-0.15, -0.1) is 11.8 Å². The summed E-state index contributed by atoms with van der Waals surface area (Å²) in [5.41, 5.74) is 1.72. The lowest BCUT2D eigenvalue weighted by Crippen LogP contribution is -2.28. The number of amides is 2. The minimum atomic E-state index is -0.235. The first-order valence-corrected chi connectivity index (χ1v) is 10.1. The number of nitrogens with one attached hydrogen (secondary N) is 2. The highest BCUT2D eigenvalue weighted by atomic mass is 32.2. The summed E-state index contributed by atoms with van der Waals surface area (Å²) in [6.45, 7) is 0.405. The van der Waals surface area contributed by atoms with E-state index < -0.39 is 0 Å². The Hall–Kier alpha value is -2.34.